The molecule has 8 nitrogen and oxygen atoms in total. The summed E-state index contributed by atoms with van der Waals surface area (Å²) in [7, 11) is 0. The minimum Gasteiger partial charge on any atom is -0.366 e. The van der Waals surface area contributed by atoms with Crippen molar-refractivity contribution in [2.24, 2.45) is 0 Å². The summed E-state index contributed by atoms with van der Waals surface area (Å²) in [5.41, 5.74) is 2.10. The van der Waals surface area contributed by atoms with E-state index in [1.165, 1.54) is 12.8 Å². The third-order valence-electron chi connectivity index (χ3n) is 5.53. The van der Waals surface area contributed by atoms with Gasteiger partial charge in [-0.2, -0.15) is 0 Å². The van der Waals surface area contributed by atoms with E-state index in [-0.39, 0.29) is 0 Å². The topological polar surface area (TPSA) is 81.9 Å². The molecule has 0 radical (unpaired) electrons. The molecule has 0 spiro atoms. The van der Waals surface area contributed by atoms with Crippen molar-refractivity contribution >= 4 is 17.0 Å². The number of fused-ring (bicyclic) bond motifs is 3. The lowest BCUT2D eigenvalue weighted by Crippen LogP contribution is -2.33. The molecule has 0 N–H and O–H groups in total. The van der Waals surface area contributed by atoms with Crippen LogP contribution in [0.15, 0.2) is 12.4 Å². The van der Waals surface area contributed by atoms with Crippen LogP contribution in [-0.4, -0.2) is 48.7 Å². The molecule has 3 aromatic rings. The molecule has 1 saturated carbocycles. The Bertz CT molecular complexity index is 1040. The summed E-state index contributed by atoms with van der Waals surface area (Å²) in [6, 6.07) is 0.535. The zero-order chi connectivity index (χ0) is 19.5. The van der Waals surface area contributed by atoms with Gasteiger partial charge in [0.15, 0.2) is 22.8 Å². The summed E-state index contributed by atoms with van der Waals surface area (Å²) in [5.74, 6) is 3.20. The van der Waals surface area contributed by atoms with Gasteiger partial charge in [0.25, 0.3) is 0 Å². The average molecular weight is 379 g/mol. The van der Waals surface area contributed by atoms with Gasteiger partial charge in [-0.05, 0) is 40.5 Å². The first kappa shape index (κ1) is 17.5. The predicted octanol–water partition coefficient (Wildman–Crippen LogP) is 2.85. The van der Waals surface area contributed by atoms with Crippen LogP contribution in [0, 0.1) is 6.92 Å². The normalized spacial score (nSPS) is 18.3. The summed E-state index contributed by atoms with van der Waals surface area (Å²) in [6.07, 6.45) is 5.98. The highest BCUT2D eigenvalue weighted by Crippen LogP contribution is 2.38. The quantitative estimate of drug-likeness (QED) is 0.689. The Morgan fingerprint density at radius 2 is 1.93 bits per heavy atom. The van der Waals surface area contributed by atoms with Gasteiger partial charge >= 0.3 is 0 Å². The molecular formula is C20H25N7O. The maximum atomic E-state index is 5.97. The van der Waals surface area contributed by atoms with Gasteiger partial charge in [-0.15, -0.1) is 0 Å². The Morgan fingerprint density at radius 3 is 2.61 bits per heavy atom. The molecule has 28 heavy (non-hydrogen) atoms. The van der Waals surface area contributed by atoms with Crippen LogP contribution in [0.2, 0.25) is 0 Å². The SMILES string of the molecule is CCN(c1nc(-c2cnc(C)nc2)nc2c1nc1n2CCOC1(C)C)C1CC1. The van der Waals surface area contributed by atoms with Gasteiger partial charge in [0.2, 0.25) is 0 Å². The molecule has 0 amide bonds. The van der Waals surface area contributed by atoms with Gasteiger partial charge in [0, 0.05) is 31.5 Å². The minimum atomic E-state index is -0.444. The molecule has 146 valence electrons. The van der Waals surface area contributed by atoms with E-state index in [4.69, 9.17) is 19.7 Å². The second-order valence-electron chi connectivity index (χ2n) is 8.02. The molecule has 0 bridgehead atoms. The van der Waals surface area contributed by atoms with Gasteiger partial charge in [-0.25, -0.2) is 24.9 Å². The zero-order valence-corrected chi connectivity index (χ0v) is 16.8. The minimum absolute atomic E-state index is 0.444. The lowest BCUT2D eigenvalue weighted by atomic mass is 10.1. The van der Waals surface area contributed by atoms with Gasteiger partial charge in [-0.1, -0.05) is 0 Å². The molecule has 4 heterocycles. The molecule has 0 aromatic carbocycles. The predicted molar refractivity (Wildman–Crippen MR) is 106 cm³/mol. The van der Waals surface area contributed by atoms with Gasteiger partial charge in [0.05, 0.1) is 12.2 Å². The number of imidazole rings is 1. The Morgan fingerprint density at radius 1 is 1.18 bits per heavy atom. The summed E-state index contributed by atoms with van der Waals surface area (Å²) >= 11 is 0. The molecule has 1 aliphatic heterocycles. The second kappa shape index (κ2) is 6.20. The highest BCUT2D eigenvalue weighted by atomic mass is 16.5. The standard InChI is InChI=1S/C20H25N7O/c1-5-26(14-6-7-14)17-15-18(27-8-9-28-20(3,4)19(27)23-15)25-16(24-17)13-10-21-12(2)22-11-13/h10-11,14H,5-9H2,1-4H3. The third-order valence-corrected chi connectivity index (χ3v) is 5.53. The fourth-order valence-corrected chi connectivity index (χ4v) is 3.92. The number of aromatic nitrogens is 6. The van der Waals surface area contributed by atoms with Crippen molar-refractivity contribution in [2.45, 2.75) is 58.7 Å². The first-order chi connectivity index (χ1) is 13.5. The van der Waals surface area contributed by atoms with Crippen molar-refractivity contribution in [3.8, 4) is 11.4 Å². The molecule has 5 rings (SSSR count). The van der Waals surface area contributed by atoms with Gasteiger partial charge in [-0.3, -0.25) is 0 Å². The molecule has 8 heteroatoms. The average Bonchev–Trinajstić information content (AvgIpc) is 3.43. The molecular weight excluding hydrogens is 354 g/mol. The maximum Gasteiger partial charge on any atom is 0.167 e. The van der Waals surface area contributed by atoms with E-state index in [2.05, 4.69) is 40.2 Å². The highest BCUT2D eigenvalue weighted by Gasteiger charge is 2.36. The maximum absolute atomic E-state index is 5.97. The number of hydrogen-bond donors (Lipinski definition) is 0. The van der Waals surface area contributed by atoms with E-state index in [0.717, 1.165) is 47.3 Å². The molecule has 3 aromatic heterocycles. The Balaban J connectivity index is 1.77. The summed E-state index contributed by atoms with van der Waals surface area (Å²) in [4.78, 5) is 25.8. The van der Waals surface area contributed by atoms with Crippen molar-refractivity contribution in [1.29, 1.82) is 0 Å². The number of rotatable bonds is 4. The first-order valence-electron chi connectivity index (χ1n) is 9.96. The largest absolute Gasteiger partial charge is 0.366 e. The lowest BCUT2D eigenvalue weighted by Gasteiger charge is -2.30. The van der Waals surface area contributed by atoms with E-state index in [9.17, 15) is 0 Å². The van der Waals surface area contributed by atoms with Crippen LogP contribution < -0.4 is 4.90 Å². The third kappa shape index (κ3) is 2.74. The van der Waals surface area contributed by atoms with Crippen molar-refractivity contribution < 1.29 is 4.74 Å². The monoisotopic (exact) mass is 379 g/mol. The zero-order valence-electron chi connectivity index (χ0n) is 16.8. The van der Waals surface area contributed by atoms with Gasteiger partial charge < -0.3 is 14.2 Å². The van der Waals surface area contributed by atoms with Crippen molar-refractivity contribution in [1.82, 2.24) is 29.5 Å². The van der Waals surface area contributed by atoms with Crippen molar-refractivity contribution in [3.05, 3.63) is 24.0 Å². The smallest absolute Gasteiger partial charge is 0.167 e. The van der Waals surface area contributed by atoms with E-state index in [1.54, 1.807) is 12.4 Å². The van der Waals surface area contributed by atoms with E-state index in [1.807, 2.05) is 6.92 Å². The fourth-order valence-electron chi connectivity index (χ4n) is 3.92. The summed E-state index contributed by atoms with van der Waals surface area (Å²) < 4.78 is 8.15. The van der Waals surface area contributed by atoms with Crippen LogP contribution in [0.4, 0.5) is 5.82 Å². The Labute approximate surface area is 164 Å². The second-order valence-corrected chi connectivity index (χ2v) is 8.02. The van der Waals surface area contributed by atoms with E-state index < -0.39 is 5.60 Å². The highest BCUT2D eigenvalue weighted by molar-refractivity contribution is 5.86. The molecule has 0 saturated heterocycles. The van der Waals surface area contributed by atoms with Crippen LogP contribution in [0.1, 0.15) is 45.3 Å². The van der Waals surface area contributed by atoms with Crippen LogP contribution in [0.5, 0.6) is 0 Å². The van der Waals surface area contributed by atoms with Crippen molar-refractivity contribution in [2.75, 3.05) is 18.1 Å². The lowest BCUT2D eigenvalue weighted by molar-refractivity contribution is -0.0530. The number of anilines is 1. The molecule has 2 aliphatic rings. The van der Waals surface area contributed by atoms with Crippen molar-refractivity contribution in [3.63, 3.8) is 0 Å². The Kier molecular flexibility index (Phi) is 3.87. The van der Waals surface area contributed by atoms with Gasteiger partial charge in [0.1, 0.15) is 17.2 Å². The van der Waals surface area contributed by atoms with Crippen LogP contribution in [0.3, 0.4) is 0 Å². The molecule has 0 atom stereocenters. The fraction of sp³-hybridized carbons (Fsp3) is 0.550. The van der Waals surface area contributed by atoms with Crippen LogP contribution >= 0.6 is 0 Å². The van der Waals surface area contributed by atoms with E-state index >= 15 is 0 Å². The number of hydrogen-bond acceptors (Lipinski definition) is 7. The summed E-state index contributed by atoms with van der Waals surface area (Å²) in [6.45, 7) is 10.4. The first-order valence-corrected chi connectivity index (χ1v) is 9.96. The molecule has 0 unspecified atom stereocenters. The van der Waals surface area contributed by atoms with Crippen LogP contribution in [0.25, 0.3) is 22.6 Å². The molecule has 1 fully saturated rings. The number of aryl methyl sites for hydroxylation is 1. The summed E-state index contributed by atoms with van der Waals surface area (Å²) in [5, 5.41) is 0. The van der Waals surface area contributed by atoms with E-state index in [0.29, 0.717) is 18.5 Å². The number of ether oxygens (including phenoxy) is 1. The molecule has 1 aliphatic carbocycles. The number of nitrogens with zero attached hydrogens (tertiary/aromatic N) is 7. The van der Waals surface area contributed by atoms with Crippen LogP contribution in [-0.2, 0) is 16.9 Å². The Hall–Kier alpha value is -2.61.